The molecule has 8 nitrogen and oxygen atoms in total. The third-order valence-corrected chi connectivity index (χ3v) is 8.84. The second kappa shape index (κ2) is 34.4. The van der Waals surface area contributed by atoms with Gasteiger partial charge in [0.05, 0.1) is 34.4 Å². The van der Waals surface area contributed by atoms with Gasteiger partial charge in [0.1, 0.15) is 6.61 Å². The zero-order chi connectivity index (χ0) is 37.8. The van der Waals surface area contributed by atoms with Crippen LogP contribution in [0, 0.1) is 0 Å². The molecule has 0 bridgehead atoms. The predicted octanol–water partition coefficient (Wildman–Crippen LogP) is 10.5. The van der Waals surface area contributed by atoms with Gasteiger partial charge in [-0.3, -0.25) is 9.59 Å². The quantitative estimate of drug-likeness (QED) is 0.0301. The Hall–Kier alpha value is -2.71. The van der Waals surface area contributed by atoms with Gasteiger partial charge in [-0.2, -0.15) is 0 Å². The molecule has 0 spiro atoms. The molecule has 0 radical (unpaired) electrons. The van der Waals surface area contributed by atoms with Crippen LogP contribution in [0.2, 0.25) is 0 Å². The van der Waals surface area contributed by atoms with E-state index in [1.807, 2.05) is 51.5 Å². The Balaban J connectivity index is 4.45. The number of likely N-dealkylation sites (N-methyl/N-ethyl adjacent to an activating group) is 1. The van der Waals surface area contributed by atoms with Gasteiger partial charge in [0, 0.05) is 19.3 Å². The topological polar surface area (TPSA) is 99.1 Å². The third kappa shape index (κ3) is 32.9. The number of ether oxygens (including phenoxy) is 3. The summed E-state index contributed by atoms with van der Waals surface area (Å²) in [7, 11) is 5.51. The van der Waals surface area contributed by atoms with Crippen LogP contribution in [0.1, 0.15) is 155 Å². The van der Waals surface area contributed by atoms with E-state index in [-0.39, 0.29) is 36.2 Å². The van der Waals surface area contributed by atoms with Crippen molar-refractivity contribution in [1.82, 2.24) is 0 Å². The molecule has 0 saturated carbocycles. The van der Waals surface area contributed by atoms with E-state index in [0.717, 1.165) is 64.2 Å². The number of carboxylic acids is 1. The average molecular weight is 719 g/mol. The molecule has 1 N–H and O–H groups in total. The van der Waals surface area contributed by atoms with Crippen LogP contribution in [0.15, 0.2) is 48.6 Å². The first-order valence-corrected chi connectivity index (χ1v) is 20.2. The van der Waals surface area contributed by atoms with Crippen LogP contribution in [-0.4, -0.2) is 80.6 Å². The number of carbonyl (C=O) groups is 3. The average Bonchev–Trinajstić information content (AvgIpc) is 3.08. The highest BCUT2D eigenvalue weighted by atomic mass is 16.6. The molecule has 0 aliphatic heterocycles. The Morgan fingerprint density at radius 3 is 1.63 bits per heavy atom. The summed E-state index contributed by atoms with van der Waals surface area (Å²) in [5.41, 5.74) is 0. The van der Waals surface area contributed by atoms with Crippen molar-refractivity contribution in [1.29, 1.82) is 0 Å². The van der Waals surface area contributed by atoms with Crippen LogP contribution in [0.3, 0.4) is 0 Å². The molecule has 51 heavy (non-hydrogen) atoms. The standard InChI is InChI=1S/C43H75NO7/c1-6-8-10-12-14-16-18-20-21-22-24-26-28-30-32-34-42(46)51-39(37-49-36-35-40(43(47)48)44(3,4)5)38-50-41(45)33-31-29-27-25-23-19-17-15-13-11-9-7-2/h8,10,12,14,16,18,20-21,39-40H,6-7,9,11,13,15,17,19,22-38H2,1-5H3/p+1/b10-8+,14-12+,18-16+,21-20+. The number of hydrogen-bond acceptors (Lipinski definition) is 6. The molecule has 0 heterocycles. The van der Waals surface area contributed by atoms with Crippen LogP contribution >= 0.6 is 0 Å². The van der Waals surface area contributed by atoms with Crippen LogP contribution in [-0.2, 0) is 28.6 Å². The van der Waals surface area contributed by atoms with Gasteiger partial charge in [0.15, 0.2) is 12.1 Å². The number of allylic oxidation sites excluding steroid dienone is 8. The number of carboxylic acid groups (broad SMARTS) is 1. The van der Waals surface area contributed by atoms with Crippen LogP contribution in [0.4, 0.5) is 0 Å². The van der Waals surface area contributed by atoms with Crippen molar-refractivity contribution in [2.24, 2.45) is 0 Å². The van der Waals surface area contributed by atoms with Gasteiger partial charge in [-0.05, 0) is 32.1 Å². The van der Waals surface area contributed by atoms with Crippen LogP contribution in [0.25, 0.3) is 0 Å². The summed E-state index contributed by atoms with van der Waals surface area (Å²) in [5, 5.41) is 9.59. The molecule has 0 aromatic rings. The fraction of sp³-hybridized carbons (Fsp3) is 0.744. The largest absolute Gasteiger partial charge is 0.477 e. The Morgan fingerprint density at radius 2 is 1.10 bits per heavy atom. The summed E-state index contributed by atoms with van der Waals surface area (Å²) < 4.78 is 17.2. The fourth-order valence-electron chi connectivity index (χ4n) is 5.69. The molecule has 8 heteroatoms. The van der Waals surface area contributed by atoms with Crippen molar-refractivity contribution in [2.75, 3.05) is 41.0 Å². The van der Waals surface area contributed by atoms with Gasteiger partial charge in [0.2, 0.25) is 0 Å². The minimum absolute atomic E-state index is 0.0516. The van der Waals surface area contributed by atoms with Crippen molar-refractivity contribution in [2.45, 2.75) is 167 Å². The zero-order valence-corrected chi connectivity index (χ0v) is 33.3. The van der Waals surface area contributed by atoms with Gasteiger partial charge in [-0.1, -0.05) is 152 Å². The highest BCUT2D eigenvalue weighted by molar-refractivity contribution is 5.72. The Kier molecular flexibility index (Phi) is 32.6. The molecule has 2 atom stereocenters. The Labute approximate surface area is 312 Å². The summed E-state index contributed by atoms with van der Waals surface area (Å²) in [6, 6.07) is -0.618. The number of unbranched alkanes of at least 4 members (excludes halogenated alkanes) is 16. The summed E-state index contributed by atoms with van der Waals surface area (Å²) in [4.78, 5) is 36.8. The third-order valence-electron chi connectivity index (χ3n) is 8.84. The summed E-state index contributed by atoms with van der Waals surface area (Å²) in [6.07, 6.45) is 38.6. The smallest absolute Gasteiger partial charge is 0.362 e. The van der Waals surface area contributed by atoms with Gasteiger partial charge < -0.3 is 23.8 Å². The summed E-state index contributed by atoms with van der Waals surface area (Å²) >= 11 is 0. The number of esters is 2. The molecule has 294 valence electrons. The first-order valence-electron chi connectivity index (χ1n) is 20.2. The van der Waals surface area contributed by atoms with E-state index in [4.69, 9.17) is 14.2 Å². The second-order valence-electron chi connectivity index (χ2n) is 14.6. The van der Waals surface area contributed by atoms with Gasteiger partial charge in [0.25, 0.3) is 0 Å². The zero-order valence-electron chi connectivity index (χ0n) is 33.3. The highest BCUT2D eigenvalue weighted by Gasteiger charge is 2.31. The number of aliphatic carboxylic acids is 1. The number of hydrogen-bond donors (Lipinski definition) is 1. The van der Waals surface area contributed by atoms with Crippen LogP contribution < -0.4 is 0 Å². The fourth-order valence-corrected chi connectivity index (χ4v) is 5.69. The lowest BCUT2D eigenvalue weighted by molar-refractivity contribution is -0.887. The van der Waals surface area contributed by atoms with E-state index >= 15 is 0 Å². The molecule has 2 unspecified atom stereocenters. The summed E-state index contributed by atoms with van der Waals surface area (Å²) in [5.74, 6) is -1.50. The molecule has 0 amide bonds. The lowest BCUT2D eigenvalue weighted by atomic mass is 10.0. The predicted molar refractivity (Wildman–Crippen MR) is 211 cm³/mol. The molecule has 0 saturated heterocycles. The maximum atomic E-state index is 12.7. The van der Waals surface area contributed by atoms with E-state index in [1.165, 1.54) is 57.8 Å². The van der Waals surface area contributed by atoms with Gasteiger partial charge >= 0.3 is 17.9 Å². The number of carbonyl (C=O) groups excluding carboxylic acids is 2. The number of rotatable bonds is 35. The first kappa shape index (κ1) is 48.3. The van der Waals surface area contributed by atoms with Gasteiger partial charge in [-0.25, -0.2) is 4.79 Å². The summed E-state index contributed by atoms with van der Waals surface area (Å²) in [6.45, 7) is 4.56. The Bertz CT molecular complexity index is 979. The monoisotopic (exact) mass is 719 g/mol. The minimum atomic E-state index is -0.881. The molecule has 0 rings (SSSR count). The molecule has 0 aromatic heterocycles. The van der Waals surface area contributed by atoms with Crippen molar-refractivity contribution < 1.29 is 38.2 Å². The van der Waals surface area contributed by atoms with Crippen LogP contribution in [0.5, 0.6) is 0 Å². The SMILES string of the molecule is CC/C=C/C=C/C=C/C=C/CCCCCCCC(=O)OC(COCCC(C(=O)O)[N+](C)(C)C)COC(=O)CCCCCCCCCCCCCC. The number of nitrogens with zero attached hydrogens (tertiary/aromatic N) is 1. The maximum Gasteiger partial charge on any atom is 0.362 e. The van der Waals surface area contributed by atoms with E-state index in [0.29, 0.717) is 19.3 Å². The molecule has 0 fully saturated rings. The van der Waals surface area contributed by atoms with E-state index in [1.54, 1.807) is 0 Å². The van der Waals surface area contributed by atoms with Crippen molar-refractivity contribution in [3.63, 3.8) is 0 Å². The maximum absolute atomic E-state index is 12.7. The molecule has 0 aromatic carbocycles. The van der Waals surface area contributed by atoms with E-state index < -0.39 is 18.1 Å². The molecular formula is C43H76NO7+. The molecule has 0 aliphatic rings. The number of quaternary nitrogens is 1. The second-order valence-corrected chi connectivity index (χ2v) is 14.6. The van der Waals surface area contributed by atoms with Crippen molar-refractivity contribution in [3.8, 4) is 0 Å². The molecular weight excluding hydrogens is 642 g/mol. The Morgan fingerprint density at radius 1 is 0.608 bits per heavy atom. The van der Waals surface area contributed by atoms with Gasteiger partial charge in [-0.15, -0.1) is 0 Å². The first-order chi connectivity index (χ1) is 24.6. The minimum Gasteiger partial charge on any atom is -0.477 e. The lowest BCUT2D eigenvalue weighted by Crippen LogP contribution is -2.50. The lowest BCUT2D eigenvalue weighted by Gasteiger charge is -2.31. The van der Waals surface area contributed by atoms with Crippen molar-refractivity contribution >= 4 is 17.9 Å². The van der Waals surface area contributed by atoms with Crippen molar-refractivity contribution in [3.05, 3.63) is 48.6 Å². The highest BCUT2D eigenvalue weighted by Crippen LogP contribution is 2.14. The van der Waals surface area contributed by atoms with E-state index in [2.05, 4.69) is 32.1 Å². The normalized spacial score (nSPS) is 13.5. The molecule has 0 aliphatic carbocycles. The van der Waals surface area contributed by atoms with E-state index in [9.17, 15) is 19.5 Å².